The van der Waals surface area contributed by atoms with E-state index >= 15 is 0 Å². The quantitative estimate of drug-likeness (QED) is 0.430. The molecular weight excluding hydrogens is 497 g/mol. The van der Waals surface area contributed by atoms with Gasteiger partial charge in [-0.1, -0.05) is 19.1 Å². The van der Waals surface area contributed by atoms with Gasteiger partial charge >= 0.3 is 5.56 Å². The molecule has 11 heteroatoms. The van der Waals surface area contributed by atoms with Crippen molar-refractivity contribution in [3.8, 4) is 16.5 Å². The molecule has 37 heavy (non-hydrogen) atoms. The maximum absolute atomic E-state index is 13.3. The van der Waals surface area contributed by atoms with Gasteiger partial charge in [0.15, 0.2) is 5.69 Å². The number of aromatic nitrogens is 4. The lowest BCUT2D eigenvalue weighted by Crippen LogP contribution is -2.51. The third-order valence-corrected chi connectivity index (χ3v) is 8.31. The molecule has 1 aliphatic heterocycles. The number of halogens is 1. The summed E-state index contributed by atoms with van der Waals surface area (Å²) in [5.41, 5.74) is 0.152. The minimum atomic E-state index is -0.633. The van der Waals surface area contributed by atoms with Gasteiger partial charge in [-0.25, -0.2) is 18.8 Å². The zero-order valence-electron chi connectivity index (χ0n) is 20.4. The Balaban J connectivity index is 1.30. The highest BCUT2D eigenvalue weighted by molar-refractivity contribution is 7.15. The fraction of sp³-hybridized carbons (Fsp3) is 0.385. The molecule has 2 atom stereocenters. The predicted octanol–water partition coefficient (Wildman–Crippen LogP) is 3.40. The summed E-state index contributed by atoms with van der Waals surface area (Å²) < 4.78 is 22.2. The molecule has 1 amide bonds. The molecule has 2 unspecified atom stereocenters. The minimum Gasteiger partial charge on any atom is -0.501 e. The third kappa shape index (κ3) is 4.31. The fourth-order valence-electron chi connectivity index (χ4n) is 4.92. The number of carbonyl (C=O) groups is 1. The Labute approximate surface area is 215 Å². The van der Waals surface area contributed by atoms with Crippen molar-refractivity contribution in [1.82, 2.24) is 23.8 Å². The summed E-state index contributed by atoms with van der Waals surface area (Å²) in [5.74, 6) is -0.703. The van der Waals surface area contributed by atoms with E-state index in [1.54, 1.807) is 29.1 Å². The number of rotatable bonds is 5. The number of nitrogens with zero attached hydrogens (tertiary/aromatic N) is 5. The van der Waals surface area contributed by atoms with Gasteiger partial charge < -0.3 is 19.3 Å². The van der Waals surface area contributed by atoms with Crippen LogP contribution in [0.25, 0.3) is 16.5 Å². The van der Waals surface area contributed by atoms with Crippen LogP contribution in [0.1, 0.15) is 43.0 Å². The number of hydrogen-bond donors (Lipinski definition) is 1. The molecule has 4 heterocycles. The van der Waals surface area contributed by atoms with Crippen molar-refractivity contribution >= 4 is 23.0 Å². The molecule has 1 saturated carbocycles. The highest BCUT2D eigenvalue weighted by atomic mass is 32.1. The average molecular weight is 524 g/mol. The van der Waals surface area contributed by atoms with Crippen LogP contribution in [-0.4, -0.2) is 59.6 Å². The van der Waals surface area contributed by atoms with E-state index in [1.165, 1.54) is 34.1 Å². The lowest BCUT2D eigenvalue weighted by Gasteiger charge is -2.37. The molecule has 1 aliphatic carbocycles. The lowest BCUT2D eigenvalue weighted by molar-refractivity contribution is -0.148. The van der Waals surface area contributed by atoms with Gasteiger partial charge in [-0.3, -0.25) is 9.59 Å². The van der Waals surface area contributed by atoms with Crippen LogP contribution in [0.4, 0.5) is 4.39 Å². The van der Waals surface area contributed by atoms with Crippen LogP contribution in [0.15, 0.2) is 47.7 Å². The van der Waals surface area contributed by atoms with Crippen molar-refractivity contribution in [2.45, 2.75) is 50.9 Å². The standard InChI is InChI=1S/C26H26FN5O4S/c1-15-12-31(14-26(36-15)7-8-26)20(33)13-30-9-10-32-24(35)22(34)21(29-25(30)32)23-28-11-19(37-23)16(2)17-3-5-18(27)6-4-17/h3-6,9-11,15-16,34H,7-8,12-14H2,1-2H3. The van der Waals surface area contributed by atoms with Gasteiger partial charge in [0.1, 0.15) is 17.4 Å². The average Bonchev–Trinajstić information content (AvgIpc) is 3.26. The number of imidazole rings is 1. The molecule has 1 N–H and O–H groups in total. The number of fused-ring (bicyclic) bond motifs is 1. The Morgan fingerprint density at radius 2 is 2.05 bits per heavy atom. The van der Waals surface area contributed by atoms with Crippen LogP contribution in [0, 0.1) is 5.82 Å². The van der Waals surface area contributed by atoms with E-state index in [2.05, 4.69) is 9.97 Å². The number of carbonyl (C=O) groups excluding carboxylic acids is 1. The van der Waals surface area contributed by atoms with Crippen molar-refractivity contribution in [2.24, 2.45) is 0 Å². The smallest absolute Gasteiger partial charge is 0.302 e. The Kier molecular flexibility index (Phi) is 5.64. The van der Waals surface area contributed by atoms with Crippen molar-refractivity contribution in [2.75, 3.05) is 13.1 Å². The second-order valence-electron chi connectivity index (χ2n) is 9.94. The molecule has 0 bridgehead atoms. The molecule has 2 aliphatic rings. The molecule has 1 spiro atoms. The largest absolute Gasteiger partial charge is 0.501 e. The van der Waals surface area contributed by atoms with Crippen LogP contribution >= 0.6 is 11.3 Å². The van der Waals surface area contributed by atoms with Crippen molar-refractivity contribution in [3.05, 3.63) is 69.5 Å². The van der Waals surface area contributed by atoms with E-state index in [9.17, 15) is 19.1 Å². The van der Waals surface area contributed by atoms with Crippen LogP contribution < -0.4 is 5.56 Å². The fourth-order valence-corrected chi connectivity index (χ4v) is 5.91. The summed E-state index contributed by atoms with van der Waals surface area (Å²) in [7, 11) is 0. The first-order valence-electron chi connectivity index (χ1n) is 12.2. The monoisotopic (exact) mass is 523 g/mol. The lowest BCUT2D eigenvalue weighted by atomic mass is 10.0. The highest BCUT2D eigenvalue weighted by Gasteiger charge is 2.50. The SMILES string of the molecule is CC1CN(C(=O)Cn2ccn3c(=O)c(O)c(-c4ncc(C(C)c5ccc(F)cc5)s4)nc23)CC2(CC2)O1. The molecule has 3 aromatic heterocycles. The normalized spacial score (nSPS) is 19.4. The molecule has 2 fully saturated rings. The number of thiazole rings is 1. The van der Waals surface area contributed by atoms with Gasteiger partial charge in [-0.15, -0.1) is 11.3 Å². The molecular formula is C26H26FN5O4S. The Morgan fingerprint density at radius 1 is 1.30 bits per heavy atom. The van der Waals surface area contributed by atoms with E-state index in [1.807, 2.05) is 18.7 Å². The van der Waals surface area contributed by atoms with E-state index in [4.69, 9.17) is 4.74 Å². The number of morpholine rings is 1. The second-order valence-corrected chi connectivity index (χ2v) is 11.0. The number of ether oxygens (including phenoxy) is 1. The topological polar surface area (TPSA) is 102 Å². The highest BCUT2D eigenvalue weighted by Crippen LogP contribution is 2.43. The summed E-state index contributed by atoms with van der Waals surface area (Å²) in [6.07, 6.45) is 6.68. The zero-order chi connectivity index (χ0) is 25.9. The maximum Gasteiger partial charge on any atom is 0.302 e. The minimum absolute atomic E-state index is 0.0146. The Hall–Kier alpha value is -3.57. The summed E-state index contributed by atoms with van der Waals surface area (Å²) in [4.78, 5) is 37.8. The van der Waals surface area contributed by atoms with Gasteiger partial charge in [0.25, 0.3) is 0 Å². The van der Waals surface area contributed by atoms with E-state index in [-0.39, 0.29) is 47.4 Å². The van der Waals surface area contributed by atoms with Gasteiger partial charge in [0.05, 0.1) is 11.7 Å². The summed E-state index contributed by atoms with van der Waals surface area (Å²) >= 11 is 1.30. The number of benzene rings is 1. The van der Waals surface area contributed by atoms with Gasteiger partial charge in [-0.2, -0.15) is 0 Å². The summed E-state index contributed by atoms with van der Waals surface area (Å²) in [5, 5.41) is 11.1. The number of hydrogen-bond acceptors (Lipinski definition) is 7. The number of amides is 1. The molecule has 6 rings (SSSR count). The van der Waals surface area contributed by atoms with Gasteiger partial charge in [-0.05, 0) is 37.5 Å². The number of aromatic hydroxyl groups is 1. The Morgan fingerprint density at radius 3 is 2.78 bits per heavy atom. The first-order chi connectivity index (χ1) is 17.7. The molecule has 9 nitrogen and oxygen atoms in total. The summed E-state index contributed by atoms with van der Waals surface area (Å²) in [6, 6.07) is 6.26. The third-order valence-electron chi connectivity index (χ3n) is 7.12. The molecule has 4 aromatic rings. The molecule has 1 saturated heterocycles. The molecule has 1 aromatic carbocycles. The van der Waals surface area contributed by atoms with Crippen LogP contribution in [0.2, 0.25) is 0 Å². The predicted molar refractivity (Wildman–Crippen MR) is 135 cm³/mol. The van der Waals surface area contributed by atoms with E-state index in [0.717, 1.165) is 23.3 Å². The van der Waals surface area contributed by atoms with Crippen LogP contribution in [-0.2, 0) is 16.1 Å². The van der Waals surface area contributed by atoms with Gasteiger partial charge in [0, 0.05) is 42.5 Å². The van der Waals surface area contributed by atoms with E-state index < -0.39 is 11.3 Å². The first-order valence-corrected chi connectivity index (χ1v) is 13.0. The first kappa shape index (κ1) is 23.8. The van der Waals surface area contributed by atoms with Crippen molar-refractivity contribution in [3.63, 3.8) is 0 Å². The van der Waals surface area contributed by atoms with Crippen molar-refractivity contribution in [1.29, 1.82) is 0 Å². The van der Waals surface area contributed by atoms with E-state index in [0.29, 0.717) is 18.1 Å². The Bertz CT molecular complexity index is 1560. The maximum atomic E-state index is 13.3. The van der Waals surface area contributed by atoms with Crippen LogP contribution in [0.3, 0.4) is 0 Å². The molecule has 0 radical (unpaired) electrons. The summed E-state index contributed by atoms with van der Waals surface area (Å²) in [6.45, 7) is 5.06. The van der Waals surface area contributed by atoms with Gasteiger partial charge in [0.2, 0.25) is 17.4 Å². The molecule has 192 valence electrons. The zero-order valence-corrected chi connectivity index (χ0v) is 21.2. The van der Waals surface area contributed by atoms with Crippen molar-refractivity contribution < 1.29 is 19.0 Å². The second kappa shape index (κ2) is 8.77. The van der Waals surface area contributed by atoms with Crippen LogP contribution in [0.5, 0.6) is 5.75 Å².